The van der Waals surface area contributed by atoms with Crippen molar-refractivity contribution in [3.05, 3.63) is 47.7 Å². The monoisotopic (exact) mass is 349 g/mol. The van der Waals surface area contributed by atoms with Gasteiger partial charge in [-0.15, -0.1) is 12.4 Å². The van der Waals surface area contributed by atoms with Crippen molar-refractivity contribution in [1.82, 2.24) is 15.1 Å². The molecule has 1 aliphatic carbocycles. The maximum atomic E-state index is 6.12. The van der Waals surface area contributed by atoms with Crippen molar-refractivity contribution < 1.29 is 4.74 Å². The molecule has 132 valence electrons. The van der Waals surface area contributed by atoms with E-state index in [9.17, 15) is 0 Å². The molecule has 2 atom stereocenters. The number of nitrogens with one attached hydrogen (secondary N) is 1. The fourth-order valence-electron chi connectivity index (χ4n) is 3.43. The molecule has 0 amide bonds. The topological polar surface area (TPSA) is 39.1 Å². The molecular formula is C19H28ClN3O. The molecule has 0 unspecified atom stereocenters. The van der Waals surface area contributed by atoms with E-state index in [0.29, 0.717) is 18.6 Å². The van der Waals surface area contributed by atoms with Gasteiger partial charge in [0.2, 0.25) is 5.88 Å². The van der Waals surface area contributed by atoms with Crippen LogP contribution in [0.5, 0.6) is 5.88 Å². The standard InChI is InChI=1S/C19H27N3O.ClH/c1-15-8-6-7-11-18(15)22-19(12-17(21-22)13-20-2)23-14-16-9-4-3-5-10-16;/h3-5,9-10,12,15,18,20H,6-8,11,13-14H2,1-2H3;1H/t15-,18+;/m0./s1. The lowest BCUT2D eigenvalue weighted by Gasteiger charge is -2.29. The fourth-order valence-corrected chi connectivity index (χ4v) is 3.43. The molecule has 1 N–H and O–H groups in total. The third-order valence-electron chi connectivity index (χ3n) is 4.72. The van der Waals surface area contributed by atoms with Gasteiger partial charge in [0.25, 0.3) is 0 Å². The second kappa shape index (κ2) is 9.09. The molecule has 0 aliphatic heterocycles. The Kier molecular flexibility index (Phi) is 7.13. The van der Waals surface area contributed by atoms with E-state index in [1.165, 1.54) is 31.2 Å². The SMILES string of the molecule is CNCc1cc(OCc2ccccc2)n([C@@H]2CCCC[C@@H]2C)n1.Cl. The average molecular weight is 350 g/mol. The highest BCUT2D eigenvalue weighted by molar-refractivity contribution is 5.85. The molecule has 0 radical (unpaired) electrons. The maximum absolute atomic E-state index is 6.12. The largest absolute Gasteiger partial charge is 0.473 e. The third kappa shape index (κ3) is 4.52. The summed E-state index contributed by atoms with van der Waals surface area (Å²) >= 11 is 0. The van der Waals surface area contributed by atoms with Crippen LogP contribution in [0.4, 0.5) is 0 Å². The number of halogens is 1. The molecule has 0 bridgehead atoms. The number of rotatable bonds is 6. The average Bonchev–Trinajstić information content (AvgIpc) is 2.97. The summed E-state index contributed by atoms with van der Waals surface area (Å²) in [6.07, 6.45) is 5.10. The molecule has 1 fully saturated rings. The van der Waals surface area contributed by atoms with Gasteiger partial charge in [0.15, 0.2) is 0 Å². The van der Waals surface area contributed by atoms with Crippen molar-refractivity contribution in [3.8, 4) is 5.88 Å². The molecule has 1 aliphatic rings. The number of benzene rings is 1. The van der Waals surface area contributed by atoms with Crippen LogP contribution in [0.15, 0.2) is 36.4 Å². The van der Waals surface area contributed by atoms with Gasteiger partial charge in [-0.1, -0.05) is 50.1 Å². The van der Waals surface area contributed by atoms with Gasteiger partial charge in [0, 0.05) is 12.6 Å². The molecule has 0 spiro atoms. The zero-order chi connectivity index (χ0) is 16.1. The number of aromatic nitrogens is 2. The highest BCUT2D eigenvalue weighted by atomic mass is 35.5. The Morgan fingerprint density at radius 2 is 1.96 bits per heavy atom. The Morgan fingerprint density at radius 1 is 1.21 bits per heavy atom. The first kappa shape index (κ1) is 18.8. The van der Waals surface area contributed by atoms with Crippen molar-refractivity contribution in [2.75, 3.05) is 7.05 Å². The summed E-state index contributed by atoms with van der Waals surface area (Å²) in [5.41, 5.74) is 2.24. The molecule has 5 heteroatoms. The van der Waals surface area contributed by atoms with E-state index in [0.717, 1.165) is 18.1 Å². The first-order valence-corrected chi connectivity index (χ1v) is 8.67. The molecule has 1 aromatic heterocycles. The van der Waals surface area contributed by atoms with Crippen LogP contribution in [-0.2, 0) is 13.2 Å². The van der Waals surface area contributed by atoms with E-state index in [4.69, 9.17) is 9.84 Å². The van der Waals surface area contributed by atoms with Crippen LogP contribution in [0, 0.1) is 5.92 Å². The van der Waals surface area contributed by atoms with Crippen molar-refractivity contribution in [2.45, 2.75) is 51.8 Å². The second-order valence-corrected chi connectivity index (χ2v) is 6.55. The molecule has 1 saturated carbocycles. The van der Waals surface area contributed by atoms with Crippen molar-refractivity contribution in [3.63, 3.8) is 0 Å². The van der Waals surface area contributed by atoms with Gasteiger partial charge in [-0.25, -0.2) is 4.68 Å². The molecule has 2 aromatic rings. The van der Waals surface area contributed by atoms with Crippen molar-refractivity contribution in [1.29, 1.82) is 0 Å². The lowest BCUT2D eigenvalue weighted by Crippen LogP contribution is -2.23. The van der Waals surface area contributed by atoms with Gasteiger partial charge in [0.1, 0.15) is 6.61 Å². The Balaban J connectivity index is 0.00000208. The first-order valence-electron chi connectivity index (χ1n) is 8.67. The number of nitrogens with zero attached hydrogens (tertiary/aromatic N) is 2. The predicted molar refractivity (Wildman–Crippen MR) is 99.7 cm³/mol. The number of hydrogen-bond acceptors (Lipinski definition) is 3. The molecule has 4 nitrogen and oxygen atoms in total. The normalized spacial score (nSPS) is 20.4. The van der Waals surface area contributed by atoms with E-state index in [2.05, 4.69) is 35.1 Å². The van der Waals surface area contributed by atoms with E-state index >= 15 is 0 Å². The van der Waals surface area contributed by atoms with Crippen molar-refractivity contribution >= 4 is 12.4 Å². The summed E-state index contributed by atoms with van der Waals surface area (Å²) in [6, 6.07) is 12.9. The Morgan fingerprint density at radius 3 is 2.67 bits per heavy atom. The predicted octanol–water partition coefficient (Wildman–Crippen LogP) is 4.35. The molecule has 3 rings (SSSR count). The van der Waals surface area contributed by atoms with Crippen LogP contribution in [0.2, 0.25) is 0 Å². The molecule has 1 aromatic carbocycles. The minimum absolute atomic E-state index is 0. The number of ether oxygens (including phenoxy) is 1. The summed E-state index contributed by atoms with van der Waals surface area (Å²) in [5, 5.41) is 8.00. The first-order chi connectivity index (χ1) is 11.3. The maximum Gasteiger partial charge on any atom is 0.212 e. The summed E-state index contributed by atoms with van der Waals surface area (Å²) in [5.74, 6) is 1.56. The minimum Gasteiger partial charge on any atom is -0.473 e. The van der Waals surface area contributed by atoms with Crippen LogP contribution in [0.1, 0.15) is 49.9 Å². The van der Waals surface area contributed by atoms with E-state index < -0.39 is 0 Å². The summed E-state index contributed by atoms with van der Waals surface area (Å²) < 4.78 is 8.26. The third-order valence-corrected chi connectivity index (χ3v) is 4.72. The molecular weight excluding hydrogens is 322 g/mol. The Hall–Kier alpha value is -1.52. The highest BCUT2D eigenvalue weighted by Crippen LogP contribution is 2.36. The van der Waals surface area contributed by atoms with E-state index in [-0.39, 0.29) is 12.4 Å². The van der Waals surface area contributed by atoms with Gasteiger partial charge in [0.05, 0.1) is 11.7 Å². The number of hydrogen-bond donors (Lipinski definition) is 1. The molecule has 1 heterocycles. The molecule has 0 saturated heterocycles. The minimum atomic E-state index is 0. The van der Waals surface area contributed by atoms with Crippen LogP contribution in [0.3, 0.4) is 0 Å². The van der Waals surface area contributed by atoms with Gasteiger partial charge in [-0.05, 0) is 31.4 Å². The van der Waals surface area contributed by atoms with Crippen molar-refractivity contribution in [2.24, 2.45) is 5.92 Å². The van der Waals surface area contributed by atoms with Gasteiger partial charge >= 0.3 is 0 Å². The van der Waals surface area contributed by atoms with Crippen LogP contribution >= 0.6 is 12.4 Å². The van der Waals surface area contributed by atoms with Crippen LogP contribution in [0.25, 0.3) is 0 Å². The second-order valence-electron chi connectivity index (χ2n) is 6.55. The molecule has 24 heavy (non-hydrogen) atoms. The lowest BCUT2D eigenvalue weighted by molar-refractivity contribution is 0.198. The Labute approximate surface area is 151 Å². The van der Waals surface area contributed by atoms with Gasteiger partial charge in [-0.3, -0.25) is 0 Å². The summed E-state index contributed by atoms with van der Waals surface area (Å²) in [4.78, 5) is 0. The zero-order valence-electron chi connectivity index (χ0n) is 14.6. The highest BCUT2D eigenvalue weighted by Gasteiger charge is 2.26. The lowest BCUT2D eigenvalue weighted by atomic mass is 9.86. The van der Waals surface area contributed by atoms with Crippen LogP contribution in [-0.4, -0.2) is 16.8 Å². The fraction of sp³-hybridized carbons (Fsp3) is 0.526. The zero-order valence-corrected chi connectivity index (χ0v) is 15.4. The van der Waals surface area contributed by atoms with E-state index in [1.807, 2.05) is 25.2 Å². The summed E-state index contributed by atoms with van der Waals surface area (Å²) in [7, 11) is 1.95. The van der Waals surface area contributed by atoms with Gasteiger partial charge < -0.3 is 10.1 Å². The van der Waals surface area contributed by atoms with Gasteiger partial charge in [-0.2, -0.15) is 5.10 Å². The van der Waals surface area contributed by atoms with Crippen LogP contribution < -0.4 is 10.1 Å². The summed E-state index contributed by atoms with van der Waals surface area (Å²) in [6.45, 7) is 3.70. The van der Waals surface area contributed by atoms with E-state index in [1.54, 1.807) is 0 Å². The smallest absolute Gasteiger partial charge is 0.212 e. The quantitative estimate of drug-likeness (QED) is 0.842. The Bertz CT molecular complexity index is 614.